The Labute approximate surface area is 218 Å². The zero-order valence-corrected chi connectivity index (χ0v) is 21.3. The summed E-state index contributed by atoms with van der Waals surface area (Å²) in [6.45, 7) is 2.29. The minimum Gasteiger partial charge on any atom is -0.390 e. The van der Waals surface area contributed by atoms with Gasteiger partial charge in [-0.3, -0.25) is 4.57 Å². The van der Waals surface area contributed by atoms with E-state index in [1.54, 1.807) is 0 Å². The smallest absolute Gasteiger partial charge is 0.390 e. The Kier molecular flexibility index (Phi) is 7.10. The molecule has 2 aromatic carbocycles. The number of rotatable bonds is 3. The van der Waals surface area contributed by atoms with Crippen LogP contribution in [0.15, 0.2) is 27.9 Å². The zero-order valence-electron chi connectivity index (χ0n) is 18.9. The second-order valence-electron chi connectivity index (χ2n) is 8.29. The number of hydrogen-bond acceptors (Lipinski definition) is 7. The molecule has 1 saturated heterocycles. The van der Waals surface area contributed by atoms with Gasteiger partial charge in [-0.05, 0) is 12.1 Å². The van der Waals surface area contributed by atoms with Crippen molar-refractivity contribution in [2.24, 2.45) is 0 Å². The standard InChI is InChI=1S/C23H20Cl2F2N4O4S/c1-34-11-9-31-19-13(21(29-22(31)32)35-23(33)30-4-2-28-3-5-30)7-15(25)18(20(19)36-10-11)12-6-14(24)17(27)8-16(12)26/h6-8,11,28H,2-5,9-10H2,1H3/t11-/m0/s1. The van der Waals surface area contributed by atoms with Crippen molar-refractivity contribution in [3.05, 3.63) is 50.4 Å². The predicted molar refractivity (Wildman–Crippen MR) is 133 cm³/mol. The van der Waals surface area contributed by atoms with Gasteiger partial charge in [0.15, 0.2) is 0 Å². The van der Waals surface area contributed by atoms with Gasteiger partial charge in [0.25, 0.3) is 0 Å². The molecule has 1 fully saturated rings. The van der Waals surface area contributed by atoms with Gasteiger partial charge in [-0.1, -0.05) is 23.2 Å². The van der Waals surface area contributed by atoms with Crippen LogP contribution in [-0.4, -0.2) is 65.7 Å². The first-order valence-corrected chi connectivity index (χ1v) is 12.8. The van der Waals surface area contributed by atoms with Crippen LogP contribution in [0.1, 0.15) is 0 Å². The molecule has 0 aliphatic carbocycles. The van der Waals surface area contributed by atoms with Crippen LogP contribution >= 0.6 is 35.0 Å². The Hall–Kier alpha value is -2.44. The summed E-state index contributed by atoms with van der Waals surface area (Å²) in [7, 11) is 1.52. The van der Waals surface area contributed by atoms with Crippen molar-refractivity contribution in [3.8, 4) is 17.0 Å². The summed E-state index contributed by atoms with van der Waals surface area (Å²) in [6, 6.07) is 3.30. The van der Waals surface area contributed by atoms with Gasteiger partial charge in [0, 0.05) is 61.1 Å². The van der Waals surface area contributed by atoms with E-state index in [0.717, 1.165) is 6.07 Å². The van der Waals surface area contributed by atoms with Crippen molar-refractivity contribution in [2.45, 2.75) is 17.5 Å². The van der Waals surface area contributed by atoms with Crippen LogP contribution in [0, 0.1) is 11.6 Å². The summed E-state index contributed by atoms with van der Waals surface area (Å²) in [4.78, 5) is 31.9. The van der Waals surface area contributed by atoms with Crippen molar-refractivity contribution in [2.75, 3.05) is 39.0 Å². The van der Waals surface area contributed by atoms with Crippen LogP contribution in [0.2, 0.25) is 10.0 Å². The van der Waals surface area contributed by atoms with Gasteiger partial charge in [-0.25, -0.2) is 18.4 Å². The third-order valence-corrected chi connectivity index (χ3v) is 7.92. The van der Waals surface area contributed by atoms with Gasteiger partial charge in [0.1, 0.15) is 11.6 Å². The molecule has 1 N–H and O–H groups in total. The molecule has 5 rings (SSSR count). The highest BCUT2D eigenvalue weighted by Crippen LogP contribution is 2.46. The van der Waals surface area contributed by atoms with Crippen LogP contribution in [0.25, 0.3) is 22.0 Å². The summed E-state index contributed by atoms with van der Waals surface area (Å²) in [5.41, 5.74) is -0.0879. The molecule has 1 aromatic heterocycles. The second-order valence-corrected chi connectivity index (χ2v) is 10.1. The minimum absolute atomic E-state index is 0.0261. The second kappa shape index (κ2) is 10.1. The Morgan fingerprint density at radius 1 is 1.17 bits per heavy atom. The summed E-state index contributed by atoms with van der Waals surface area (Å²) < 4.78 is 41.3. The lowest BCUT2D eigenvalue weighted by atomic mass is 10.0. The van der Waals surface area contributed by atoms with Crippen molar-refractivity contribution in [1.82, 2.24) is 19.8 Å². The summed E-state index contributed by atoms with van der Waals surface area (Å²) in [6.07, 6.45) is -1.01. The molecule has 0 saturated carbocycles. The number of methoxy groups -OCH3 is 1. The quantitative estimate of drug-likeness (QED) is 0.484. The van der Waals surface area contributed by atoms with Crippen LogP contribution in [0.3, 0.4) is 0 Å². The molecule has 0 unspecified atom stereocenters. The number of benzene rings is 2. The van der Waals surface area contributed by atoms with E-state index in [-0.39, 0.29) is 39.7 Å². The average molecular weight is 557 g/mol. The molecule has 0 radical (unpaired) electrons. The highest BCUT2D eigenvalue weighted by Gasteiger charge is 2.29. The van der Waals surface area contributed by atoms with Crippen LogP contribution in [0.5, 0.6) is 5.88 Å². The van der Waals surface area contributed by atoms with Gasteiger partial charge in [-0.15, -0.1) is 11.8 Å². The monoisotopic (exact) mass is 556 g/mol. The fourth-order valence-corrected chi connectivity index (χ4v) is 6.11. The molecular weight excluding hydrogens is 537 g/mol. The zero-order chi connectivity index (χ0) is 25.6. The fourth-order valence-electron chi connectivity index (χ4n) is 4.27. The number of carbonyl (C=O) groups excluding carboxylic acids is 1. The molecule has 1 amide bonds. The van der Waals surface area contributed by atoms with Gasteiger partial charge in [0.05, 0.1) is 33.6 Å². The lowest BCUT2D eigenvalue weighted by Crippen LogP contribution is -2.47. The molecule has 2 aliphatic rings. The molecule has 36 heavy (non-hydrogen) atoms. The Morgan fingerprint density at radius 3 is 2.64 bits per heavy atom. The number of nitrogens with one attached hydrogen (secondary N) is 1. The molecule has 0 bridgehead atoms. The number of aromatic nitrogens is 2. The largest absolute Gasteiger partial charge is 0.416 e. The van der Waals surface area contributed by atoms with E-state index >= 15 is 0 Å². The Morgan fingerprint density at radius 2 is 1.92 bits per heavy atom. The van der Waals surface area contributed by atoms with E-state index in [4.69, 9.17) is 32.7 Å². The molecule has 1 atom stereocenters. The van der Waals surface area contributed by atoms with E-state index in [0.29, 0.717) is 53.8 Å². The SMILES string of the molecule is CO[C@@H]1CSc2c(-c3cc(Cl)c(F)cc3F)c(Cl)cc3c(OC(=O)N4CCNCC4)nc(=O)n(c23)C1. The summed E-state index contributed by atoms with van der Waals surface area (Å²) in [5, 5.41) is 3.27. The van der Waals surface area contributed by atoms with E-state index in [9.17, 15) is 18.4 Å². The lowest BCUT2D eigenvalue weighted by Gasteiger charge is -2.26. The Balaban J connectivity index is 1.74. The Bertz CT molecular complexity index is 1430. The molecule has 13 heteroatoms. The number of hydrogen-bond donors (Lipinski definition) is 1. The summed E-state index contributed by atoms with van der Waals surface area (Å²) in [5.74, 6) is -1.56. The van der Waals surface area contributed by atoms with Gasteiger partial charge in [-0.2, -0.15) is 4.98 Å². The highest BCUT2D eigenvalue weighted by molar-refractivity contribution is 7.99. The normalized spacial score (nSPS) is 17.8. The number of ether oxygens (including phenoxy) is 2. The van der Waals surface area contributed by atoms with Gasteiger partial charge < -0.3 is 19.7 Å². The third-order valence-electron chi connectivity index (χ3n) is 6.11. The molecule has 0 spiro atoms. The number of carbonyl (C=O) groups is 1. The number of amides is 1. The first-order valence-electron chi connectivity index (χ1n) is 11.0. The molecule has 8 nitrogen and oxygen atoms in total. The van der Waals surface area contributed by atoms with E-state index in [1.807, 2.05) is 0 Å². The van der Waals surface area contributed by atoms with E-state index in [1.165, 1.54) is 34.4 Å². The fraction of sp³-hybridized carbons (Fsp3) is 0.348. The predicted octanol–water partition coefficient (Wildman–Crippen LogP) is 4.17. The number of halogens is 4. The maximum atomic E-state index is 15.0. The first-order chi connectivity index (χ1) is 17.3. The van der Waals surface area contributed by atoms with Crippen LogP contribution in [-0.2, 0) is 11.3 Å². The van der Waals surface area contributed by atoms with Crippen molar-refractivity contribution >= 4 is 52.0 Å². The number of nitrogens with zero attached hydrogens (tertiary/aromatic N) is 3. The van der Waals surface area contributed by atoms with E-state index < -0.39 is 23.4 Å². The van der Waals surface area contributed by atoms with Crippen molar-refractivity contribution < 1.29 is 23.0 Å². The molecule has 3 heterocycles. The average Bonchev–Trinajstić information content (AvgIpc) is 3.06. The van der Waals surface area contributed by atoms with Crippen molar-refractivity contribution in [1.29, 1.82) is 0 Å². The summed E-state index contributed by atoms with van der Waals surface area (Å²) >= 11 is 13.9. The minimum atomic E-state index is -0.906. The van der Waals surface area contributed by atoms with Gasteiger partial charge in [0.2, 0.25) is 5.88 Å². The molecular formula is C23H20Cl2F2N4O4S. The molecule has 2 aliphatic heterocycles. The van der Waals surface area contributed by atoms with E-state index in [2.05, 4.69) is 10.3 Å². The first kappa shape index (κ1) is 25.2. The third kappa shape index (κ3) is 4.54. The topological polar surface area (TPSA) is 85.7 Å². The maximum Gasteiger partial charge on any atom is 0.416 e. The van der Waals surface area contributed by atoms with Crippen LogP contribution in [0.4, 0.5) is 13.6 Å². The lowest BCUT2D eigenvalue weighted by molar-refractivity contribution is 0.107. The number of piperazine rings is 1. The number of thioether (sulfide) groups is 1. The molecule has 190 valence electrons. The maximum absolute atomic E-state index is 15.0. The highest BCUT2D eigenvalue weighted by atomic mass is 35.5. The van der Waals surface area contributed by atoms with Gasteiger partial charge >= 0.3 is 11.8 Å². The van der Waals surface area contributed by atoms with Crippen molar-refractivity contribution in [3.63, 3.8) is 0 Å². The van der Waals surface area contributed by atoms with Crippen LogP contribution < -0.4 is 15.7 Å². The molecule has 3 aromatic rings.